The summed E-state index contributed by atoms with van der Waals surface area (Å²) in [4.78, 5) is 0. The number of ether oxygens (including phenoxy) is 3. The summed E-state index contributed by atoms with van der Waals surface area (Å²) in [5, 5.41) is 21.8. The van der Waals surface area contributed by atoms with Gasteiger partial charge < -0.3 is 29.7 Å². The third-order valence-electron chi connectivity index (χ3n) is 2.42. The van der Waals surface area contributed by atoms with Crippen LogP contribution in [-0.2, 0) is 14.2 Å². The van der Waals surface area contributed by atoms with Gasteiger partial charge in [-0.3, -0.25) is 0 Å². The first-order valence-electron chi connectivity index (χ1n) is 6.41. The van der Waals surface area contributed by atoms with Gasteiger partial charge in [0, 0.05) is 32.9 Å². The van der Waals surface area contributed by atoms with Gasteiger partial charge in [-0.15, -0.1) is 0 Å². The Bertz CT molecular complexity index is 171. The summed E-state index contributed by atoms with van der Waals surface area (Å²) in [7, 11) is 1.62. The van der Waals surface area contributed by atoms with Gasteiger partial charge in [0.1, 0.15) is 0 Å². The van der Waals surface area contributed by atoms with Crippen LogP contribution in [0.15, 0.2) is 0 Å². The molecule has 0 heterocycles. The lowest BCUT2D eigenvalue weighted by atomic mass is 10.2. The first-order valence-corrected chi connectivity index (χ1v) is 6.41. The monoisotopic (exact) mass is 265 g/mol. The molecule has 0 spiro atoms. The van der Waals surface area contributed by atoms with Gasteiger partial charge >= 0.3 is 0 Å². The van der Waals surface area contributed by atoms with E-state index in [0.29, 0.717) is 39.4 Å². The molecule has 0 bridgehead atoms. The van der Waals surface area contributed by atoms with Crippen LogP contribution < -0.4 is 5.32 Å². The Balaban J connectivity index is 3.45. The fraction of sp³-hybridized carbons (Fsp3) is 1.00. The molecule has 0 rings (SSSR count). The Morgan fingerprint density at radius 3 is 2.50 bits per heavy atom. The average molecular weight is 265 g/mol. The van der Waals surface area contributed by atoms with Crippen LogP contribution >= 0.6 is 0 Å². The van der Waals surface area contributed by atoms with Crippen molar-refractivity contribution < 1.29 is 24.4 Å². The van der Waals surface area contributed by atoms with Crippen molar-refractivity contribution in [3.63, 3.8) is 0 Å². The van der Waals surface area contributed by atoms with Gasteiger partial charge in [0.2, 0.25) is 0 Å². The van der Waals surface area contributed by atoms with E-state index in [2.05, 4.69) is 5.32 Å². The van der Waals surface area contributed by atoms with Crippen LogP contribution in [0.5, 0.6) is 0 Å². The van der Waals surface area contributed by atoms with E-state index >= 15 is 0 Å². The Hall–Kier alpha value is -0.240. The molecule has 0 radical (unpaired) electrons. The van der Waals surface area contributed by atoms with Crippen molar-refractivity contribution in [3.8, 4) is 0 Å². The zero-order chi connectivity index (χ0) is 13.6. The molecule has 0 amide bonds. The van der Waals surface area contributed by atoms with Crippen LogP contribution in [0.3, 0.4) is 0 Å². The molecule has 0 aliphatic carbocycles. The first kappa shape index (κ1) is 17.8. The van der Waals surface area contributed by atoms with Crippen LogP contribution in [-0.4, -0.2) is 75.7 Å². The van der Waals surface area contributed by atoms with Crippen molar-refractivity contribution in [1.82, 2.24) is 5.32 Å². The molecule has 0 aliphatic heterocycles. The maximum atomic E-state index is 9.63. The zero-order valence-electron chi connectivity index (χ0n) is 11.4. The van der Waals surface area contributed by atoms with Crippen molar-refractivity contribution in [3.05, 3.63) is 0 Å². The van der Waals surface area contributed by atoms with E-state index < -0.39 is 6.10 Å². The highest BCUT2D eigenvalue weighted by Gasteiger charge is 2.10. The first-order chi connectivity index (χ1) is 8.74. The standard InChI is InChI=1S/C12H27NO5/c1-3-17-6-7-18-10-12(15)8-13-11(9-14)4-5-16-2/h11-15H,3-10H2,1-2H3. The van der Waals surface area contributed by atoms with E-state index in [4.69, 9.17) is 19.3 Å². The van der Waals surface area contributed by atoms with Crippen LogP contribution in [0.1, 0.15) is 13.3 Å². The van der Waals surface area contributed by atoms with Gasteiger partial charge in [-0.1, -0.05) is 0 Å². The van der Waals surface area contributed by atoms with Gasteiger partial charge in [0.25, 0.3) is 0 Å². The zero-order valence-corrected chi connectivity index (χ0v) is 11.4. The van der Waals surface area contributed by atoms with Crippen LogP contribution in [0, 0.1) is 0 Å². The Morgan fingerprint density at radius 2 is 1.89 bits per heavy atom. The van der Waals surface area contributed by atoms with Gasteiger partial charge in [-0.2, -0.15) is 0 Å². The van der Waals surface area contributed by atoms with Crippen molar-refractivity contribution in [2.45, 2.75) is 25.5 Å². The number of hydrogen-bond donors (Lipinski definition) is 3. The number of rotatable bonds is 13. The minimum absolute atomic E-state index is 0.0290. The third-order valence-corrected chi connectivity index (χ3v) is 2.42. The summed E-state index contributed by atoms with van der Waals surface area (Å²) < 4.78 is 15.3. The van der Waals surface area contributed by atoms with Crippen molar-refractivity contribution >= 4 is 0 Å². The van der Waals surface area contributed by atoms with E-state index in [1.54, 1.807) is 7.11 Å². The van der Waals surface area contributed by atoms with E-state index in [1.165, 1.54) is 0 Å². The predicted octanol–water partition coefficient (Wildman–Crippen LogP) is -0.613. The highest BCUT2D eigenvalue weighted by Crippen LogP contribution is 1.93. The SMILES string of the molecule is CCOCCOCC(O)CNC(CO)CCOC. The molecule has 0 saturated carbocycles. The summed E-state index contributed by atoms with van der Waals surface area (Å²) in [6.45, 7) is 4.90. The van der Waals surface area contributed by atoms with Crippen LogP contribution in [0.25, 0.3) is 0 Å². The second kappa shape index (κ2) is 13.2. The molecule has 0 aromatic rings. The summed E-state index contributed by atoms with van der Waals surface area (Å²) in [6, 6.07) is -0.0528. The predicted molar refractivity (Wildman–Crippen MR) is 68.7 cm³/mol. The van der Waals surface area contributed by atoms with Crippen molar-refractivity contribution in [2.75, 3.05) is 53.3 Å². The number of aliphatic hydroxyl groups is 2. The molecule has 0 saturated heterocycles. The van der Waals surface area contributed by atoms with Gasteiger partial charge in [0.15, 0.2) is 0 Å². The average Bonchev–Trinajstić information content (AvgIpc) is 2.39. The molecule has 3 N–H and O–H groups in total. The summed E-state index contributed by atoms with van der Waals surface area (Å²) >= 11 is 0. The van der Waals surface area contributed by atoms with Gasteiger partial charge in [-0.25, -0.2) is 0 Å². The second-order valence-corrected chi connectivity index (χ2v) is 3.99. The number of methoxy groups -OCH3 is 1. The summed E-state index contributed by atoms with van der Waals surface area (Å²) in [5.41, 5.74) is 0. The van der Waals surface area contributed by atoms with Crippen LogP contribution in [0.4, 0.5) is 0 Å². The van der Waals surface area contributed by atoms with E-state index in [-0.39, 0.29) is 19.3 Å². The molecule has 2 unspecified atom stereocenters. The molecular weight excluding hydrogens is 238 g/mol. The lowest BCUT2D eigenvalue weighted by molar-refractivity contribution is 0.00478. The molecular formula is C12H27NO5. The number of nitrogens with one attached hydrogen (secondary N) is 1. The van der Waals surface area contributed by atoms with Gasteiger partial charge in [-0.05, 0) is 13.3 Å². The van der Waals surface area contributed by atoms with E-state index in [1.807, 2.05) is 6.92 Å². The minimum atomic E-state index is -0.580. The number of hydrogen-bond acceptors (Lipinski definition) is 6. The lowest BCUT2D eigenvalue weighted by Gasteiger charge is -2.18. The molecule has 18 heavy (non-hydrogen) atoms. The van der Waals surface area contributed by atoms with E-state index in [9.17, 15) is 5.11 Å². The molecule has 110 valence electrons. The summed E-state index contributed by atoms with van der Waals surface area (Å²) in [5.74, 6) is 0. The topological polar surface area (TPSA) is 80.2 Å². The maximum absolute atomic E-state index is 9.63. The third kappa shape index (κ3) is 10.9. The lowest BCUT2D eigenvalue weighted by Crippen LogP contribution is -2.40. The molecule has 0 aromatic heterocycles. The van der Waals surface area contributed by atoms with Crippen LogP contribution in [0.2, 0.25) is 0 Å². The Morgan fingerprint density at radius 1 is 1.17 bits per heavy atom. The second-order valence-electron chi connectivity index (χ2n) is 3.99. The minimum Gasteiger partial charge on any atom is -0.395 e. The molecule has 6 heteroatoms. The Labute approximate surface area is 109 Å². The van der Waals surface area contributed by atoms with Crippen molar-refractivity contribution in [1.29, 1.82) is 0 Å². The largest absolute Gasteiger partial charge is 0.395 e. The van der Waals surface area contributed by atoms with E-state index in [0.717, 1.165) is 0 Å². The molecule has 6 nitrogen and oxygen atoms in total. The van der Waals surface area contributed by atoms with Gasteiger partial charge in [0.05, 0.1) is 32.5 Å². The quantitative estimate of drug-likeness (QED) is 0.385. The smallest absolute Gasteiger partial charge is 0.0897 e. The molecule has 0 aliphatic rings. The molecule has 0 aromatic carbocycles. The van der Waals surface area contributed by atoms with Crippen molar-refractivity contribution in [2.24, 2.45) is 0 Å². The fourth-order valence-corrected chi connectivity index (χ4v) is 1.36. The fourth-order valence-electron chi connectivity index (χ4n) is 1.36. The highest BCUT2D eigenvalue weighted by molar-refractivity contribution is 4.68. The molecule has 0 fully saturated rings. The molecule has 2 atom stereocenters. The Kier molecular flexibility index (Phi) is 13.0. The maximum Gasteiger partial charge on any atom is 0.0897 e. The normalized spacial score (nSPS) is 14.7. The number of aliphatic hydroxyl groups excluding tert-OH is 2. The summed E-state index contributed by atoms with van der Waals surface area (Å²) in [6.07, 6.45) is 0.133. The highest BCUT2D eigenvalue weighted by atomic mass is 16.5.